The second-order valence-corrected chi connectivity index (χ2v) is 4.60. The van der Waals surface area contributed by atoms with Crippen molar-refractivity contribution in [2.45, 2.75) is 12.5 Å². The number of amides is 1. The van der Waals surface area contributed by atoms with E-state index in [0.29, 0.717) is 18.5 Å². The van der Waals surface area contributed by atoms with E-state index in [1.807, 2.05) is 19.0 Å². The molecule has 0 aromatic heterocycles. The van der Waals surface area contributed by atoms with E-state index in [2.05, 4.69) is 10.2 Å². The third kappa shape index (κ3) is 1.77. The molecule has 0 aromatic carbocycles. The fourth-order valence-electron chi connectivity index (χ4n) is 2.52. The Morgan fingerprint density at radius 3 is 3.00 bits per heavy atom. The SMILES string of the molecule is CN(C)CC(=O)N1CC[C@H]2CNC[C@H]21. The van der Waals surface area contributed by atoms with E-state index in [1.165, 1.54) is 6.42 Å². The Morgan fingerprint density at radius 1 is 1.50 bits per heavy atom. The standard InChI is InChI=1S/C10H19N3O/c1-12(2)7-10(14)13-4-3-8-5-11-6-9(8)13/h8-9,11H,3-7H2,1-2H3/t8-,9+/m0/s1. The fourth-order valence-corrected chi connectivity index (χ4v) is 2.52. The molecule has 0 unspecified atom stereocenters. The Hall–Kier alpha value is -0.610. The number of likely N-dealkylation sites (tertiary alicyclic amines) is 1. The molecule has 2 fully saturated rings. The highest BCUT2D eigenvalue weighted by Gasteiger charge is 2.39. The monoisotopic (exact) mass is 197 g/mol. The van der Waals surface area contributed by atoms with Gasteiger partial charge in [0.05, 0.1) is 6.54 Å². The maximum absolute atomic E-state index is 11.9. The summed E-state index contributed by atoms with van der Waals surface area (Å²) in [7, 11) is 3.89. The minimum absolute atomic E-state index is 0.284. The Bertz CT molecular complexity index is 229. The summed E-state index contributed by atoms with van der Waals surface area (Å²) in [5.41, 5.74) is 0. The summed E-state index contributed by atoms with van der Waals surface area (Å²) in [6, 6.07) is 0.474. The first-order valence-electron chi connectivity index (χ1n) is 5.33. The van der Waals surface area contributed by atoms with Crippen molar-refractivity contribution < 1.29 is 4.79 Å². The van der Waals surface area contributed by atoms with Gasteiger partial charge in [0, 0.05) is 25.7 Å². The van der Waals surface area contributed by atoms with Crippen LogP contribution in [-0.4, -0.2) is 62.0 Å². The van der Waals surface area contributed by atoms with Crippen LogP contribution in [0.5, 0.6) is 0 Å². The van der Waals surface area contributed by atoms with Crippen LogP contribution in [0.2, 0.25) is 0 Å². The smallest absolute Gasteiger partial charge is 0.237 e. The maximum Gasteiger partial charge on any atom is 0.237 e. The first-order chi connectivity index (χ1) is 6.68. The first kappa shape index (κ1) is 9.93. The zero-order valence-corrected chi connectivity index (χ0v) is 8.99. The van der Waals surface area contributed by atoms with Crippen LogP contribution in [0.1, 0.15) is 6.42 Å². The van der Waals surface area contributed by atoms with Crippen molar-refractivity contribution in [3.8, 4) is 0 Å². The molecule has 0 bridgehead atoms. The number of fused-ring (bicyclic) bond motifs is 1. The number of nitrogens with zero attached hydrogens (tertiary/aromatic N) is 2. The summed E-state index contributed by atoms with van der Waals surface area (Å²) in [6.45, 7) is 3.59. The lowest BCUT2D eigenvalue weighted by atomic mass is 10.1. The molecule has 1 amide bonds. The summed E-state index contributed by atoms with van der Waals surface area (Å²) in [6.07, 6.45) is 1.18. The quantitative estimate of drug-likeness (QED) is 0.640. The van der Waals surface area contributed by atoms with Crippen LogP contribution < -0.4 is 5.32 Å². The number of hydrogen-bond acceptors (Lipinski definition) is 3. The highest BCUT2D eigenvalue weighted by molar-refractivity contribution is 5.79. The van der Waals surface area contributed by atoms with Gasteiger partial charge in [0.1, 0.15) is 0 Å². The second kappa shape index (κ2) is 3.87. The Labute approximate surface area is 85.2 Å². The van der Waals surface area contributed by atoms with E-state index in [-0.39, 0.29) is 5.91 Å². The lowest BCUT2D eigenvalue weighted by Gasteiger charge is -2.24. The highest BCUT2D eigenvalue weighted by atomic mass is 16.2. The molecule has 2 rings (SSSR count). The van der Waals surface area contributed by atoms with Crippen LogP contribution in [-0.2, 0) is 4.79 Å². The number of carbonyl (C=O) groups excluding carboxylic acids is 1. The van der Waals surface area contributed by atoms with Gasteiger partial charge < -0.3 is 15.1 Å². The number of nitrogens with one attached hydrogen (secondary N) is 1. The van der Waals surface area contributed by atoms with E-state index in [1.54, 1.807) is 0 Å². The molecule has 2 aliphatic heterocycles. The van der Waals surface area contributed by atoms with Crippen LogP contribution >= 0.6 is 0 Å². The molecule has 0 saturated carbocycles. The minimum Gasteiger partial charge on any atom is -0.337 e. The van der Waals surface area contributed by atoms with Gasteiger partial charge >= 0.3 is 0 Å². The number of rotatable bonds is 2. The first-order valence-corrected chi connectivity index (χ1v) is 5.33. The average Bonchev–Trinajstić information content (AvgIpc) is 2.59. The van der Waals surface area contributed by atoms with Crippen molar-refractivity contribution in [3.05, 3.63) is 0 Å². The molecule has 80 valence electrons. The van der Waals surface area contributed by atoms with Crippen molar-refractivity contribution in [2.75, 3.05) is 40.3 Å². The summed E-state index contributed by atoms with van der Waals surface area (Å²) < 4.78 is 0. The van der Waals surface area contributed by atoms with E-state index in [4.69, 9.17) is 0 Å². The van der Waals surface area contributed by atoms with Crippen LogP contribution in [0.25, 0.3) is 0 Å². The zero-order chi connectivity index (χ0) is 10.1. The molecule has 0 aliphatic carbocycles. The van der Waals surface area contributed by atoms with Crippen molar-refractivity contribution in [2.24, 2.45) is 5.92 Å². The summed E-state index contributed by atoms with van der Waals surface area (Å²) in [4.78, 5) is 15.9. The maximum atomic E-state index is 11.9. The molecule has 4 heteroatoms. The van der Waals surface area contributed by atoms with Gasteiger partial charge in [0.15, 0.2) is 0 Å². The van der Waals surface area contributed by atoms with Crippen LogP contribution in [0.3, 0.4) is 0 Å². The number of hydrogen-bond donors (Lipinski definition) is 1. The average molecular weight is 197 g/mol. The molecule has 2 heterocycles. The largest absolute Gasteiger partial charge is 0.337 e. The normalized spacial score (nSPS) is 31.2. The molecular formula is C10H19N3O. The molecule has 2 aliphatic rings. The highest BCUT2D eigenvalue weighted by Crippen LogP contribution is 2.26. The molecule has 2 atom stereocenters. The Balaban J connectivity index is 1.94. The van der Waals surface area contributed by atoms with E-state index in [9.17, 15) is 4.79 Å². The van der Waals surface area contributed by atoms with Gasteiger partial charge in [-0.25, -0.2) is 0 Å². The third-order valence-corrected chi connectivity index (χ3v) is 3.22. The van der Waals surface area contributed by atoms with Gasteiger partial charge in [-0.2, -0.15) is 0 Å². The minimum atomic E-state index is 0.284. The molecule has 1 N–H and O–H groups in total. The number of likely N-dealkylation sites (N-methyl/N-ethyl adjacent to an activating group) is 1. The van der Waals surface area contributed by atoms with Crippen LogP contribution in [0, 0.1) is 5.92 Å². The van der Waals surface area contributed by atoms with Crippen LogP contribution in [0.4, 0.5) is 0 Å². The molecule has 0 spiro atoms. The molecule has 0 radical (unpaired) electrons. The van der Waals surface area contributed by atoms with Gasteiger partial charge in [-0.15, -0.1) is 0 Å². The molecular weight excluding hydrogens is 178 g/mol. The van der Waals surface area contributed by atoms with Crippen molar-refractivity contribution in [3.63, 3.8) is 0 Å². The summed E-state index contributed by atoms with van der Waals surface area (Å²) >= 11 is 0. The Morgan fingerprint density at radius 2 is 2.29 bits per heavy atom. The van der Waals surface area contributed by atoms with Gasteiger partial charge in [0.25, 0.3) is 0 Å². The van der Waals surface area contributed by atoms with Crippen molar-refractivity contribution in [1.82, 2.24) is 15.1 Å². The van der Waals surface area contributed by atoms with Gasteiger partial charge in [-0.3, -0.25) is 4.79 Å². The molecule has 0 aromatic rings. The predicted octanol–water partition coefficient (Wildman–Crippen LogP) is -0.632. The predicted molar refractivity (Wildman–Crippen MR) is 55.0 cm³/mol. The lowest BCUT2D eigenvalue weighted by molar-refractivity contribution is -0.132. The lowest BCUT2D eigenvalue weighted by Crippen LogP contribution is -2.43. The van der Waals surface area contributed by atoms with E-state index < -0.39 is 0 Å². The summed E-state index contributed by atoms with van der Waals surface area (Å²) in [5, 5.41) is 3.35. The van der Waals surface area contributed by atoms with Crippen LogP contribution in [0.15, 0.2) is 0 Å². The van der Waals surface area contributed by atoms with Crippen molar-refractivity contribution in [1.29, 1.82) is 0 Å². The summed E-state index contributed by atoms with van der Waals surface area (Å²) in [5.74, 6) is 0.993. The van der Waals surface area contributed by atoms with E-state index in [0.717, 1.165) is 19.6 Å². The van der Waals surface area contributed by atoms with Gasteiger partial charge in [-0.05, 0) is 26.4 Å². The topological polar surface area (TPSA) is 35.6 Å². The van der Waals surface area contributed by atoms with Gasteiger partial charge in [-0.1, -0.05) is 0 Å². The molecule has 2 saturated heterocycles. The number of carbonyl (C=O) groups is 1. The van der Waals surface area contributed by atoms with Crippen molar-refractivity contribution >= 4 is 5.91 Å². The fraction of sp³-hybridized carbons (Fsp3) is 0.900. The zero-order valence-electron chi connectivity index (χ0n) is 8.99. The van der Waals surface area contributed by atoms with Gasteiger partial charge in [0.2, 0.25) is 5.91 Å². The van der Waals surface area contributed by atoms with E-state index >= 15 is 0 Å². The molecule has 4 nitrogen and oxygen atoms in total. The second-order valence-electron chi connectivity index (χ2n) is 4.60. The molecule has 14 heavy (non-hydrogen) atoms. The third-order valence-electron chi connectivity index (χ3n) is 3.22. The Kier molecular flexibility index (Phi) is 2.74.